The molecule has 1 aliphatic carbocycles. The van der Waals surface area contributed by atoms with E-state index in [0.717, 1.165) is 10.9 Å². The van der Waals surface area contributed by atoms with Crippen molar-refractivity contribution in [1.82, 2.24) is 15.1 Å². The Labute approximate surface area is 130 Å². The maximum absolute atomic E-state index is 12.2. The molecule has 3 rings (SSSR count). The summed E-state index contributed by atoms with van der Waals surface area (Å²) < 4.78 is 11.3. The Bertz CT molecular complexity index is 650. The van der Waals surface area contributed by atoms with Crippen LogP contribution in [0, 0.1) is 0 Å². The number of nitrogens with zero attached hydrogens (tertiary/aromatic N) is 3. The fraction of sp³-hybridized carbons (Fsp3) is 0.429. The minimum atomic E-state index is -0.767. The van der Waals surface area contributed by atoms with Crippen molar-refractivity contribution < 1.29 is 14.1 Å². The van der Waals surface area contributed by atoms with E-state index < -0.39 is 5.41 Å². The van der Waals surface area contributed by atoms with Crippen LogP contribution in [0.4, 0.5) is 0 Å². The van der Waals surface area contributed by atoms with Crippen LogP contribution in [0.1, 0.15) is 32.1 Å². The number of aromatic nitrogens is 3. The van der Waals surface area contributed by atoms with Crippen LogP contribution in [0.5, 0.6) is 0 Å². The number of ether oxygens (including phenoxy) is 1. The van der Waals surface area contributed by atoms with Crippen molar-refractivity contribution in [3.8, 4) is 11.5 Å². The standard InChI is InChI=1S/C14H14BrN3O3/c1-2-20-13(19)14(6-3-7-14)12-17-11(18-21-12)10-5-4-9(15)8-16-10/h4-5,8H,2-3,6-7H2,1H3. The van der Waals surface area contributed by atoms with Gasteiger partial charge in [-0.05, 0) is 47.8 Å². The zero-order chi connectivity index (χ0) is 14.9. The lowest BCUT2D eigenvalue weighted by Crippen LogP contribution is -2.44. The summed E-state index contributed by atoms with van der Waals surface area (Å²) in [7, 11) is 0. The van der Waals surface area contributed by atoms with E-state index >= 15 is 0 Å². The SMILES string of the molecule is CCOC(=O)C1(c2nc(-c3ccc(Br)cn3)no2)CCC1. The number of hydrogen-bond acceptors (Lipinski definition) is 6. The molecule has 110 valence electrons. The smallest absolute Gasteiger partial charge is 0.321 e. The molecule has 0 amide bonds. The van der Waals surface area contributed by atoms with Crippen LogP contribution in [0.15, 0.2) is 27.3 Å². The van der Waals surface area contributed by atoms with Gasteiger partial charge in [-0.15, -0.1) is 0 Å². The van der Waals surface area contributed by atoms with Crippen molar-refractivity contribution in [2.45, 2.75) is 31.6 Å². The number of hydrogen-bond donors (Lipinski definition) is 0. The highest BCUT2D eigenvalue weighted by Crippen LogP contribution is 2.44. The topological polar surface area (TPSA) is 78.1 Å². The molecule has 0 unspecified atom stereocenters. The summed E-state index contributed by atoms with van der Waals surface area (Å²) in [5, 5.41) is 3.93. The first-order valence-electron chi connectivity index (χ1n) is 6.79. The Kier molecular flexibility index (Phi) is 3.75. The van der Waals surface area contributed by atoms with Crippen molar-refractivity contribution in [2.24, 2.45) is 0 Å². The second kappa shape index (κ2) is 5.55. The molecule has 7 heteroatoms. The van der Waals surface area contributed by atoms with E-state index in [1.54, 1.807) is 19.2 Å². The summed E-state index contributed by atoms with van der Waals surface area (Å²) in [4.78, 5) is 20.7. The fourth-order valence-electron chi connectivity index (χ4n) is 2.33. The lowest BCUT2D eigenvalue weighted by Gasteiger charge is -2.35. The second-order valence-electron chi connectivity index (χ2n) is 4.94. The molecular formula is C14H14BrN3O3. The van der Waals surface area contributed by atoms with Gasteiger partial charge in [0.15, 0.2) is 0 Å². The van der Waals surface area contributed by atoms with Gasteiger partial charge in [-0.3, -0.25) is 9.78 Å². The van der Waals surface area contributed by atoms with Crippen LogP contribution in [-0.2, 0) is 14.9 Å². The monoisotopic (exact) mass is 351 g/mol. The molecule has 21 heavy (non-hydrogen) atoms. The molecule has 2 heterocycles. The van der Waals surface area contributed by atoms with Crippen molar-refractivity contribution >= 4 is 21.9 Å². The summed E-state index contributed by atoms with van der Waals surface area (Å²) in [5.41, 5.74) is -0.164. The third-order valence-electron chi connectivity index (χ3n) is 3.67. The quantitative estimate of drug-likeness (QED) is 0.788. The van der Waals surface area contributed by atoms with E-state index in [0.29, 0.717) is 36.9 Å². The molecule has 1 saturated carbocycles. The number of carbonyl (C=O) groups is 1. The number of pyridine rings is 1. The highest BCUT2D eigenvalue weighted by Gasteiger charge is 2.52. The summed E-state index contributed by atoms with van der Waals surface area (Å²) in [6.07, 6.45) is 3.98. The molecule has 0 aliphatic heterocycles. The molecule has 6 nitrogen and oxygen atoms in total. The third kappa shape index (κ3) is 2.46. The van der Waals surface area contributed by atoms with E-state index in [2.05, 4.69) is 31.1 Å². The molecule has 0 aromatic carbocycles. The first-order chi connectivity index (χ1) is 10.2. The number of rotatable bonds is 4. The summed E-state index contributed by atoms with van der Waals surface area (Å²) in [5.74, 6) is 0.426. The van der Waals surface area contributed by atoms with E-state index in [1.165, 1.54) is 0 Å². The molecular weight excluding hydrogens is 338 g/mol. The average molecular weight is 352 g/mol. The number of carbonyl (C=O) groups excluding carboxylic acids is 1. The van der Waals surface area contributed by atoms with Gasteiger partial charge >= 0.3 is 5.97 Å². The Morgan fingerprint density at radius 2 is 2.29 bits per heavy atom. The number of esters is 1. The first kappa shape index (κ1) is 14.2. The highest BCUT2D eigenvalue weighted by atomic mass is 79.9. The Morgan fingerprint density at radius 3 is 2.86 bits per heavy atom. The maximum Gasteiger partial charge on any atom is 0.321 e. The molecule has 0 radical (unpaired) electrons. The van der Waals surface area contributed by atoms with Crippen molar-refractivity contribution in [3.05, 3.63) is 28.7 Å². The molecule has 0 spiro atoms. The molecule has 1 aliphatic rings. The van der Waals surface area contributed by atoms with Crippen LogP contribution >= 0.6 is 15.9 Å². The largest absolute Gasteiger partial charge is 0.465 e. The van der Waals surface area contributed by atoms with Gasteiger partial charge in [0.2, 0.25) is 11.7 Å². The van der Waals surface area contributed by atoms with Crippen LogP contribution < -0.4 is 0 Å². The Hall–Kier alpha value is -1.76. The average Bonchev–Trinajstić information content (AvgIpc) is 2.88. The van der Waals surface area contributed by atoms with Gasteiger partial charge in [0.1, 0.15) is 11.1 Å². The minimum Gasteiger partial charge on any atom is -0.465 e. The summed E-state index contributed by atoms with van der Waals surface area (Å²) >= 11 is 3.32. The van der Waals surface area contributed by atoms with Crippen LogP contribution in [0.25, 0.3) is 11.5 Å². The van der Waals surface area contributed by atoms with Crippen LogP contribution in [0.3, 0.4) is 0 Å². The second-order valence-corrected chi connectivity index (χ2v) is 5.86. The maximum atomic E-state index is 12.2. The van der Waals surface area contributed by atoms with E-state index in [1.807, 2.05) is 6.07 Å². The number of halogens is 1. The molecule has 0 N–H and O–H groups in total. The fourth-order valence-corrected chi connectivity index (χ4v) is 2.57. The predicted octanol–water partition coefficient (Wildman–Crippen LogP) is 2.88. The Morgan fingerprint density at radius 1 is 1.48 bits per heavy atom. The minimum absolute atomic E-state index is 0.282. The normalized spacial score (nSPS) is 16.3. The van der Waals surface area contributed by atoms with Gasteiger partial charge in [-0.25, -0.2) is 0 Å². The molecule has 1 fully saturated rings. The molecule has 0 atom stereocenters. The van der Waals surface area contributed by atoms with Crippen molar-refractivity contribution in [3.63, 3.8) is 0 Å². The lowest BCUT2D eigenvalue weighted by atomic mass is 9.68. The van der Waals surface area contributed by atoms with E-state index in [4.69, 9.17) is 9.26 Å². The van der Waals surface area contributed by atoms with Crippen LogP contribution in [0.2, 0.25) is 0 Å². The van der Waals surface area contributed by atoms with E-state index in [9.17, 15) is 4.79 Å². The van der Waals surface area contributed by atoms with Gasteiger partial charge in [0, 0.05) is 10.7 Å². The lowest BCUT2D eigenvalue weighted by molar-refractivity contribution is -0.155. The van der Waals surface area contributed by atoms with Crippen molar-refractivity contribution in [2.75, 3.05) is 6.61 Å². The van der Waals surface area contributed by atoms with Gasteiger partial charge in [0.05, 0.1) is 6.61 Å². The van der Waals surface area contributed by atoms with Gasteiger partial charge < -0.3 is 9.26 Å². The third-order valence-corrected chi connectivity index (χ3v) is 4.13. The van der Waals surface area contributed by atoms with Gasteiger partial charge in [-0.2, -0.15) is 4.98 Å². The Balaban J connectivity index is 1.90. The van der Waals surface area contributed by atoms with Gasteiger partial charge in [0.25, 0.3) is 0 Å². The highest BCUT2D eigenvalue weighted by molar-refractivity contribution is 9.10. The van der Waals surface area contributed by atoms with Crippen molar-refractivity contribution in [1.29, 1.82) is 0 Å². The zero-order valence-electron chi connectivity index (χ0n) is 11.5. The molecule has 2 aromatic heterocycles. The molecule has 0 bridgehead atoms. The predicted molar refractivity (Wildman–Crippen MR) is 77.4 cm³/mol. The first-order valence-corrected chi connectivity index (χ1v) is 7.58. The van der Waals surface area contributed by atoms with E-state index in [-0.39, 0.29) is 5.97 Å². The zero-order valence-corrected chi connectivity index (χ0v) is 13.1. The molecule has 2 aromatic rings. The molecule has 0 saturated heterocycles. The summed E-state index contributed by atoms with van der Waals surface area (Å²) in [6, 6.07) is 3.64. The van der Waals surface area contributed by atoms with Crippen LogP contribution in [-0.4, -0.2) is 27.7 Å². The van der Waals surface area contributed by atoms with Gasteiger partial charge in [-0.1, -0.05) is 11.6 Å². The summed E-state index contributed by atoms with van der Waals surface area (Å²) in [6.45, 7) is 2.13.